The summed E-state index contributed by atoms with van der Waals surface area (Å²) < 4.78 is 12.7. The van der Waals surface area contributed by atoms with Crippen molar-refractivity contribution in [3.05, 3.63) is 34.1 Å². The summed E-state index contributed by atoms with van der Waals surface area (Å²) in [5.74, 6) is 0.238. The minimum absolute atomic E-state index is 0.0624. The maximum Gasteiger partial charge on any atom is 0.410 e. The standard InChI is InChI=1S/C23H31N5O5/c1-23(2,3)33-22(29)26-9-6-15(7-10-26)27-11-8-18-17(14-24-25(18)4)16-12-20(28(30)31)21(32-5)13-19(16)27/h12-15H,6-11H2,1-5H3. The molecule has 33 heavy (non-hydrogen) atoms. The van der Waals surface area contributed by atoms with Crippen molar-refractivity contribution in [2.75, 3.05) is 31.6 Å². The lowest BCUT2D eigenvalue weighted by Crippen LogP contribution is -2.48. The van der Waals surface area contributed by atoms with Gasteiger partial charge in [0, 0.05) is 73.8 Å². The number of likely N-dealkylation sites (tertiary alicyclic amines) is 1. The Morgan fingerprint density at radius 1 is 1.18 bits per heavy atom. The van der Waals surface area contributed by atoms with Crippen LogP contribution in [0.3, 0.4) is 0 Å². The van der Waals surface area contributed by atoms with Crippen molar-refractivity contribution in [1.29, 1.82) is 0 Å². The summed E-state index contributed by atoms with van der Waals surface area (Å²) in [6.07, 6.45) is 3.83. The first kappa shape index (κ1) is 22.9. The molecule has 10 heteroatoms. The van der Waals surface area contributed by atoms with E-state index < -0.39 is 10.5 Å². The van der Waals surface area contributed by atoms with Gasteiger partial charge in [-0.3, -0.25) is 14.8 Å². The van der Waals surface area contributed by atoms with Gasteiger partial charge in [0.05, 0.1) is 18.2 Å². The molecule has 178 valence electrons. The highest BCUT2D eigenvalue weighted by Gasteiger charge is 2.34. The number of rotatable bonds is 3. The molecule has 4 rings (SSSR count). The van der Waals surface area contributed by atoms with Crippen molar-refractivity contribution < 1.29 is 19.2 Å². The highest BCUT2D eigenvalue weighted by atomic mass is 16.6. The van der Waals surface area contributed by atoms with Crippen LogP contribution in [0.5, 0.6) is 5.75 Å². The Morgan fingerprint density at radius 2 is 1.88 bits per heavy atom. The first-order valence-corrected chi connectivity index (χ1v) is 11.2. The van der Waals surface area contributed by atoms with Gasteiger partial charge in [0.25, 0.3) is 0 Å². The van der Waals surface area contributed by atoms with Gasteiger partial charge in [-0.25, -0.2) is 4.79 Å². The van der Waals surface area contributed by atoms with E-state index in [9.17, 15) is 14.9 Å². The first-order valence-electron chi connectivity index (χ1n) is 11.2. The molecule has 0 spiro atoms. The zero-order chi connectivity index (χ0) is 23.9. The number of carbonyl (C=O) groups excluding carboxylic acids is 1. The number of aromatic nitrogens is 2. The summed E-state index contributed by atoms with van der Waals surface area (Å²) in [6, 6.07) is 3.56. The smallest absolute Gasteiger partial charge is 0.410 e. The van der Waals surface area contributed by atoms with Crippen LogP contribution in [0.25, 0.3) is 11.1 Å². The molecule has 1 amide bonds. The molecule has 1 aromatic carbocycles. The third-order valence-corrected chi connectivity index (χ3v) is 6.30. The van der Waals surface area contributed by atoms with Gasteiger partial charge >= 0.3 is 11.8 Å². The van der Waals surface area contributed by atoms with E-state index in [1.54, 1.807) is 23.2 Å². The lowest BCUT2D eigenvalue weighted by Gasteiger charge is -2.40. The molecule has 0 atom stereocenters. The van der Waals surface area contributed by atoms with Gasteiger partial charge in [-0.05, 0) is 33.6 Å². The molecule has 2 aromatic rings. The number of carbonyl (C=O) groups is 1. The van der Waals surface area contributed by atoms with Crippen molar-refractivity contribution in [3.8, 4) is 16.9 Å². The molecule has 0 unspecified atom stereocenters. The molecule has 1 fully saturated rings. The molecule has 0 bridgehead atoms. The van der Waals surface area contributed by atoms with E-state index >= 15 is 0 Å². The van der Waals surface area contributed by atoms with Crippen molar-refractivity contribution in [3.63, 3.8) is 0 Å². The summed E-state index contributed by atoms with van der Waals surface area (Å²) in [6.45, 7) is 7.55. The lowest BCUT2D eigenvalue weighted by atomic mass is 9.99. The Hall–Kier alpha value is -3.30. The number of fused-ring (bicyclic) bond motifs is 3. The van der Waals surface area contributed by atoms with Gasteiger partial charge in [0.15, 0.2) is 5.75 Å². The molecule has 0 saturated carbocycles. The number of hydrogen-bond acceptors (Lipinski definition) is 7. The fourth-order valence-corrected chi connectivity index (χ4v) is 4.71. The van der Waals surface area contributed by atoms with Crippen molar-refractivity contribution in [1.82, 2.24) is 14.7 Å². The number of nitrogens with zero attached hydrogens (tertiary/aromatic N) is 5. The van der Waals surface area contributed by atoms with Gasteiger partial charge in [0.1, 0.15) is 5.60 Å². The molecular weight excluding hydrogens is 426 g/mol. The van der Waals surface area contributed by atoms with Crippen LogP contribution in [-0.4, -0.2) is 64.1 Å². The Kier molecular flexibility index (Phi) is 5.94. The molecule has 0 aliphatic carbocycles. The number of piperidine rings is 1. The zero-order valence-corrected chi connectivity index (χ0v) is 19.8. The number of nitro benzene ring substituents is 1. The number of nitro groups is 1. The second kappa shape index (κ2) is 8.57. The first-order chi connectivity index (χ1) is 15.6. The SMILES string of the molecule is COc1cc2c(cc1[N+](=O)[O-])-c1cnn(C)c1CCN2C1CCN(C(=O)OC(C)(C)C)CC1. The van der Waals surface area contributed by atoms with E-state index in [4.69, 9.17) is 9.47 Å². The highest BCUT2D eigenvalue weighted by molar-refractivity contribution is 5.85. The summed E-state index contributed by atoms with van der Waals surface area (Å²) >= 11 is 0. The number of amides is 1. The molecule has 0 radical (unpaired) electrons. The van der Waals surface area contributed by atoms with Crippen LogP contribution in [0.15, 0.2) is 18.3 Å². The molecule has 2 aliphatic rings. The van der Waals surface area contributed by atoms with Crippen molar-refractivity contribution >= 4 is 17.5 Å². The fraction of sp³-hybridized carbons (Fsp3) is 0.565. The molecule has 2 aliphatic heterocycles. The van der Waals surface area contributed by atoms with Crippen LogP contribution < -0.4 is 9.64 Å². The van der Waals surface area contributed by atoms with Gasteiger partial charge in [-0.15, -0.1) is 0 Å². The van der Waals surface area contributed by atoms with Crippen molar-refractivity contribution in [2.45, 2.75) is 51.7 Å². The molecule has 1 aromatic heterocycles. The largest absolute Gasteiger partial charge is 0.490 e. The molecular formula is C23H31N5O5. The number of hydrogen-bond donors (Lipinski definition) is 0. The Bertz CT molecular complexity index is 1070. The maximum atomic E-state index is 12.5. The van der Waals surface area contributed by atoms with E-state index in [0.29, 0.717) is 13.1 Å². The number of ether oxygens (including phenoxy) is 2. The van der Waals surface area contributed by atoms with E-state index in [0.717, 1.165) is 48.3 Å². The van der Waals surface area contributed by atoms with Gasteiger partial charge in [-0.2, -0.15) is 5.10 Å². The summed E-state index contributed by atoms with van der Waals surface area (Å²) in [5.41, 5.74) is 3.06. The average Bonchev–Trinajstić information content (AvgIpc) is 3.04. The van der Waals surface area contributed by atoms with Crippen LogP contribution in [0.2, 0.25) is 0 Å². The predicted octanol–water partition coefficient (Wildman–Crippen LogP) is 3.77. The minimum Gasteiger partial charge on any atom is -0.490 e. The van der Waals surface area contributed by atoms with E-state index in [-0.39, 0.29) is 23.6 Å². The topological polar surface area (TPSA) is 103 Å². The maximum absolute atomic E-state index is 12.5. The second-order valence-electron chi connectivity index (χ2n) is 9.57. The number of anilines is 1. The van der Waals surface area contributed by atoms with Crippen LogP contribution in [0.4, 0.5) is 16.2 Å². The summed E-state index contributed by atoms with van der Waals surface area (Å²) in [7, 11) is 3.34. The van der Waals surface area contributed by atoms with Crippen LogP contribution in [0.1, 0.15) is 39.3 Å². The summed E-state index contributed by atoms with van der Waals surface area (Å²) in [5, 5.41) is 16.1. The Labute approximate surface area is 193 Å². The van der Waals surface area contributed by atoms with Crippen LogP contribution in [-0.2, 0) is 18.2 Å². The number of benzene rings is 1. The third-order valence-electron chi connectivity index (χ3n) is 6.30. The summed E-state index contributed by atoms with van der Waals surface area (Å²) in [4.78, 5) is 27.8. The van der Waals surface area contributed by atoms with Gasteiger partial charge < -0.3 is 19.3 Å². The Morgan fingerprint density at radius 3 is 2.48 bits per heavy atom. The second-order valence-corrected chi connectivity index (χ2v) is 9.57. The van der Waals surface area contributed by atoms with E-state index in [1.807, 2.05) is 32.5 Å². The van der Waals surface area contributed by atoms with Gasteiger partial charge in [0.2, 0.25) is 0 Å². The molecule has 10 nitrogen and oxygen atoms in total. The predicted molar refractivity (Wildman–Crippen MR) is 124 cm³/mol. The molecule has 1 saturated heterocycles. The normalized spacial score (nSPS) is 16.6. The van der Waals surface area contributed by atoms with Crippen LogP contribution in [0, 0.1) is 10.1 Å². The van der Waals surface area contributed by atoms with Crippen molar-refractivity contribution in [2.24, 2.45) is 7.05 Å². The minimum atomic E-state index is -0.525. The molecule has 0 N–H and O–H groups in total. The average molecular weight is 458 g/mol. The quantitative estimate of drug-likeness (QED) is 0.511. The fourth-order valence-electron chi connectivity index (χ4n) is 4.71. The number of methoxy groups -OCH3 is 1. The highest BCUT2D eigenvalue weighted by Crippen LogP contribution is 2.44. The van der Waals surface area contributed by atoms with Crippen LogP contribution >= 0.6 is 0 Å². The van der Waals surface area contributed by atoms with Gasteiger partial charge in [-0.1, -0.05) is 0 Å². The monoisotopic (exact) mass is 457 g/mol. The Balaban J connectivity index is 1.65. The zero-order valence-electron chi connectivity index (χ0n) is 19.8. The lowest BCUT2D eigenvalue weighted by molar-refractivity contribution is -0.385. The van der Waals surface area contributed by atoms with E-state index in [1.165, 1.54) is 7.11 Å². The number of aryl methyl sites for hydroxylation is 1. The van der Waals surface area contributed by atoms with E-state index in [2.05, 4.69) is 10.00 Å². The third kappa shape index (κ3) is 4.46. The molecule has 3 heterocycles.